The molecular formula is C19H25F2NO3. The van der Waals surface area contributed by atoms with Gasteiger partial charge in [-0.1, -0.05) is 12.8 Å². The van der Waals surface area contributed by atoms with E-state index in [4.69, 9.17) is 9.47 Å². The van der Waals surface area contributed by atoms with E-state index in [0.717, 1.165) is 37.8 Å². The minimum atomic E-state index is -0.539. The third-order valence-electron chi connectivity index (χ3n) is 5.26. The number of amides is 1. The number of nitrogens with one attached hydrogen (secondary N) is 1. The Labute approximate surface area is 146 Å². The van der Waals surface area contributed by atoms with Gasteiger partial charge in [-0.05, 0) is 37.5 Å². The highest BCUT2D eigenvalue weighted by Crippen LogP contribution is 2.42. The maximum atomic E-state index is 14.2. The first-order valence-electron chi connectivity index (χ1n) is 8.97. The second kappa shape index (κ2) is 8.23. The van der Waals surface area contributed by atoms with Crippen molar-refractivity contribution >= 4 is 5.91 Å². The summed E-state index contributed by atoms with van der Waals surface area (Å²) in [6.45, 7) is 0.366. The molecule has 1 aromatic rings. The van der Waals surface area contributed by atoms with E-state index in [0.29, 0.717) is 19.4 Å². The highest BCUT2D eigenvalue weighted by atomic mass is 19.1. The van der Waals surface area contributed by atoms with Crippen molar-refractivity contribution in [1.82, 2.24) is 5.32 Å². The predicted octanol–water partition coefficient (Wildman–Crippen LogP) is 3.51. The Kier molecular flexibility index (Phi) is 6.02. The maximum Gasteiger partial charge on any atom is 0.222 e. The van der Waals surface area contributed by atoms with Gasteiger partial charge in [0.25, 0.3) is 0 Å². The number of methoxy groups -OCH3 is 1. The Morgan fingerprint density at radius 2 is 2.12 bits per heavy atom. The topological polar surface area (TPSA) is 47.6 Å². The SMILES string of the molecule is COCCC(=O)N[C@@H]1C[C@H](c2cc(F)ccc2F)O[C@@H]2CCCC[C@@H]12. The summed E-state index contributed by atoms with van der Waals surface area (Å²) in [6.07, 6.45) is 4.23. The zero-order chi connectivity index (χ0) is 17.8. The van der Waals surface area contributed by atoms with E-state index in [2.05, 4.69) is 5.32 Å². The molecule has 138 valence electrons. The Hall–Kier alpha value is -1.53. The Balaban J connectivity index is 1.77. The fourth-order valence-electron chi connectivity index (χ4n) is 4.03. The van der Waals surface area contributed by atoms with Crippen molar-refractivity contribution in [2.75, 3.05) is 13.7 Å². The predicted molar refractivity (Wildman–Crippen MR) is 89.0 cm³/mol. The zero-order valence-electron chi connectivity index (χ0n) is 14.5. The lowest BCUT2D eigenvalue weighted by Gasteiger charge is -2.45. The lowest BCUT2D eigenvalue weighted by atomic mass is 9.76. The van der Waals surface area contributed by atoms with Crippen LogP contribution >= 0.6 is 0 Å². The molecule has 1 saturated heterocycles. The van der Waals surface area contributed by atoms with Crippen LogP contribution in [0.3, 0.4) is 0 Å². The van der Waals surface area contributed by atoms with E-state index in [-0.39, 0.29) is 29.5 Å². The van der Waals surface area contributed by atoms with Crippen molar-refractivity contribution in [3.05, 3.63) is 35.4 Å². The van der Waals surface area contributed by atoms with Crippen molar-refractivity contribution < 1.29 is 23.0 Å². The van der Waals surface area contributed by atoms with Gasteiger partial charge in [-0.3, -0.25) is 4.79 Å². The second-order valence-corrected chi connectivity index (χ2v) is 6.93. The molecule has 4 atom stereocenters. The molecule has 2 aliphatic rings. The first kappa shape index (κ1) is 18.3. The molecule has 1 heterocycles. The van der Waals surface area contributed by atoms with Crippen LogP contribution in [0.2, 0.25) is 0 Å². The molecule has 4 nitrogen and oxygen atoms in total. The summed E-state index contributed by atoms with van der Waals surface area (Å²) in [5.41, 5.74) is 0.236. The third kappa shape index (κ3) is 4.36. The number of ether oxygens (including phenoxy) is 2. The van der Waals surface area contributed by atoms with E-state index >= 15 is 0 Å². The van der Waals surface area contributed by atoms with Gasteiger partial charge in [-0.2, -0.15) is 0 Å². The van der Waals surface area contributed by atoms with E-state index in [1.54, 1.807) is 7.11 Å². The lowest BCUT2D eigenvalue weighted by molar-refractivity contribution is -0.133. The molecular weight excluding hydrogens is 328 g/mol. The summed E-state index contributed by atoms with van der Waals surface area (Å²) in [5.74, 6) is -0.791. The zero-order valence-corrected chi connectivity index (χ0v) is 14.5. The molecule has 0 spiro atoms. The second-order valence-electron chi connectivity index (χ2n) is 6.93. The Morgan fingerprint density at radius 1 is 1.32 bits per heavy atom. The quantitative estimate of drug-likeness (QED) is 0.881. The molecule has 25 heavy (non-hydrogen) atoms. The number of halogens is 2. The molecule has 1 aliphatic heterocycles. The summed E-state index contributed by atoms with van der Waals surface area (Å²) >= 11 is 0. The molecule has 0 unspecified atom stereocenters. The van der Waals surface area contributed by atoms with E-state index in [9.17, 15) is 13.6 Å². The Bertz CT molecular complexity index is 610. The van der Waals surface area contributed by atoms with E-state index < -0.39 is 17.7 Å². The molecule has 1 N–H and O–H groups in total. The lowest BCUT2D eigenvalue weighted by Crippen LogP contribution is -2.51. The summed E-state index contributed by atoms with van der Waals surface area (Å²) in [5, 5.41) is 3.07. The molecule has 2 fully saturated rings. The van der Waals surface area contributed by atoms with Gasteiger partial charge < -0.3 is 14.8 Å². The molecule has 1 aliphatic carbocycles. The first-order valence-corrected chi connectivity index (χ1v) is 8.97. The van der Waals surface area contributed by atoms with Gasteiger partial charge in [0.1, 0.15) is 11.6 Å². The highest BCUT2D eigenvalue weighted by molar-refractivity contribution is 5.76. The number of rotatable bonds is 5. The number of benzene rings is 1. The van der Waals surface area contributed by atoms with Gasteiger partial charge in [0.15, 0.2) is 0 Å². The van der Waals surface area contributed by atoms with Crippen LogP contribution in [0.15, 0.2) is 18.2 Å². The monoisotopic (exact) mass is 353 g/mol. The highest BCUT2D eigenvalue weighted by Gasteiger charge is 2.41. The van der Waals surface area contributed by atoms with Crippen LogP contribution in [0, 0.1) is 17.6 Å². The van der Waals surface area contributed by atoms with Crippen molar-refractivity contribution in [2.24, 2.45) is 5.92 Å². The van der Waals surface area contributed by atoms with Crippen molar-refractivity contribution in [3.8, 4) is 0 Å². The van der Waals surface area contributed by atoms with Crippen LogP contribution in [-0.2, 0) is 14.3 Å². The molecule has 3 rings (SSSR count). The van der Waals surface area contributed by atoms with Gasteiger partial charge in [0.05, 0.1) is 18.8 Å². The van der Waals surface area contributed by atoms with Gasteiger partial charge in [-0.25, -0.2) is 8.78 Å². The largest absolute Gasteiger partial charge is 0.384 e. The maximum absolute atomic E-state index is 14.2. The van der Waals surface area contributed by atoms with Gasteiger partial charge >= 0.3 is 0 Å². The fraction of sp³-hybridized carbons (Fsp3) is 0.632. The normalized spacial score (nSPS) is 29.1. The van der Waals surface area contributed by atoms with Crippen molar-refractivity contribution in [1.29, 1.82) is 0 Å². The summed E-state index contributed by atoms with van der Waals surface area (Å²) in [6, 6.07) is 3.35. The van der Waals surface area contributed by atoms with Crippen molar-refractivity contribution in [2.45, 2.75) is 56.8 Å². The molecule has 0 aromatic heterocycles. The molecule has 0 radical (unpaired) electrons. The molecule has 6 heteroatoms. The number of carbonyl (C=O) groups excluding carboxylic acids is 1. The first-order chi connectivity index (χ1) is 12.1. The molecule has 1 amide bonds. The van der Waals surface area contributed by atoms with E-state index in [1.807, 2.05) is 0 Å². The number of hydrogen-bond donors (Lipinski definition) is 1. The minimum Gasteiger partial charge on any atom is -0.384 e. The van der Waals surface area contributed by atoms with Crippen LogP contribution in [0.4, 0.5) is 8.78 Å². The van der Waals surface area contributed by atoms with Gasteiger partial charge in [0, 0.05) is 31.1 Å². The van der Waals surface area contributed by atoms with Crippen LogP contribution in [0.5, 0.6) is 0 Å². The van der Waals surface area contributed by atoms with Gasteiger partial charge in [-0.15, -0.1) is 0 Å². The van der Waals surface area contributed by atoms with Crippen LogP contribution in [0.25, 0.3) is 0 Å². The number of hydrogen-bond acceptors (Lipinski definition) is 3. The Morgan fingerprint density at radius 3 is 2.92 bits per heavy atom. The van der Waals surface area contributed by atoms with Crippen molar-refractivity contribution in [3.63, 3.8) is 0 Å². The summed E-state index contributed by atoms with van der Waals surface area (Å²) in [4.78, 5) is 12.1. The third-order valence-corrected chi connectivity index (χ3v) is 5.26. The molecule has 1 aromatic carbocycles. The standard InChI is InChI=1S/C19H25F2NO3/c1-24-9-8-19(23)22-16-11-18(14-10-12(20)6-7-15(14)21)25-17-5-3-2-4-13(16)17/h6-7,10,13,16-18H,2-5,8-9,11H2,1H3,(H,22,23)/t13-,16+,17+,18+/m0/s1. The van der Waals surface area contributed by atoms with E-state index in [1.165, 1.54) is 6.07 Å². The minimum absolute atomic E-state index is 0.0251. The van der Waals surface area contributed by atoms with Crippen LogP contribution < -0.4 is 5.32 Å². The average molecular weight is 353 g/mol. The number of carbonyl (C=O) groups is 1. The fourth-order valence-corrected chi connectivity index (χ4v) is 4.03. The van der Waals surface area contributed by atoms with Gasteiger partial charge in [0.2, 0.25) is 5.91 Å². The molecule has 0 bridgehead atoms. The number of fused-ring (bicyclic) bond motifs is 1. The molecule has 1 saturated carbocycles. The summed E-state index contributed by atoms with van der Waals surface area (Å²) < 4.78 is 38.8. The smallest absolute Gasteiger partial charge is 0.222 e. The van der Waals surface area contributed by atoms with Crippen LogP contribution in [-0.4, -0.2) is 31.8 Å². The van der Waals surface area contributed by atoms with Crippen LogP contribution in [0.1, 0.15) is 50.2 Å². The summed E-state index contributed by atoms with van der Waals surface area (Å²) in [7, 11) is 1.56. The average Bonchev–Trinajstić information content (AvgIpc) is 2.62.